The Morgan fingerprint density at radius 2 is 1.65 bits per heavy atom. The predicted octanol–water partition coefficient (Wildman–Crippen LogP) is 1.39. The van der Waals surface area contributed by atoms with Crippen LogP contribution in [0.1, 0.15) is 33.6 Å². The first kappa shape index (κ1) is 13.3. The van der Waals surface area contributed by atoms with Gasteiger partial charge in [0.25, 0.3) is 0 Å². The quantitative estimate of drug-likeness (QED) is 0.787. The van der Waals surface area contributed by atoms with Crippen molar-refractivity contribution in [2.75, 3.05) is 39.3 Å². The molecule has 1 saturated carbocycles. The molecule has 2 N–H and O–H groups in total. The Morgan fingerprint density at radius 1 is 1.12 bits per heavy atom. The predicted molar refractivity (Wildman–Crippen MR) is 73.0 cm³/mol. The third kappa shape index (κ3) is 3.94. The molecule has 2 rings (SSSR count). The van der Waals surface area contributed by atoms with Gasteiger partial charge in [0, 0.05) is 45.3 Å². The van der Waals surface area contributed by atoms with Gasteiger partial charge < -0.3 is 15.5 Å². The van der Waals surface area contributed by atoms with Crippen LogP contribution in [0.25, 0.3) is 0 Å². The standard InChI is InChI=1S/C14H29N3/c1-12(15)14(2,3)11-17-8-6-16(7-9-17)10-13-4-5-13/h12-13H,4-11,15H2,1-3H3. The van der Waals surface area contributed by atoms with Crippen molar-refractivity contribution in [3.8, 4) is 0 Å². The molecule has 17 heavy (non-hydrogen) atoms. The molecule has 0 spiro atoms. The average Bonchev–Trinajstić information content (AvgIpc) is 3.04. The van der Waals surface area contributed by atoms with Crippen LogP contribution in [0, 0.1) is 11.3 Å². The summed E-state index contributed by atoms with van der Waals surface area (Å²) in [7, 11) is 0. The van der Waals surface area contributed by atoms with Crippen LogP contribution < -0.4 is 5.73 Å². The summed E-state index contributed by atoms with van der Waals surface area (Å²) >= 11 is 0. The number of nitrogens with zero attached hydrogens (tertiary/aromatic N) is 2. The zero-order chi connectivity index (χ0) is 12.5. The molecule has 0 radical (unpaired) electrons. The minimum absolute atomic E-state index is 0.235. The van der Waals surface area contributed by atoms with Crippen molar-refractivity contribution >= 4 is 0 Å². The van der Waals surface area contributed by atoms with Crippen molar-refractivity contribution in [2.45, 2.75) is 39.7 Å². The van der Waals surface area contributed by atoms with E-state index in [1.54, 1.807) is 0 Å². The van der Waals surface area contributed by atoms with Gasteiger partial charge in [-0.1, -0.05) is 13.8 Å². The zero-order valence-electron chi connectivity index (χ0n) is 11.8. The summed E-state index contributed by atoms with van der Waals surface area (Å²) in [6, 6.07) is 0.270. The topological polar surface area (TPSA) is 32.5 Å². The number of hydrogen-bond acceptors (Lipinski definition) is 3. The lowest BCUT2D eigenvalue weighted by atomic mass is 9.85. The van der Waals surface area contributed by atoms with E-state index >= 15 is 0 Å². The first-order chi connectivity index (χ1) is 7.97. The van der Waals surface area contributed by atoms with E-state index < -0.39 is 0 Å². The molecule has 0 aromatic heterocycles. The Labute approximate surface area is 106 Å². The summed E-state index contributed by atoms with van der Waals surface area (Å²) in [4.78, 5) is 5.24. The van der Waals surface area contributed by atoms with E-state index in [1.807, 2.05) is 0 Å². The lowest BCUT2D eigenvalue weighted by molar-refractivity contribution is 0.0868. The molecule has 0 aromatic rings. The van der Waals surface area contributed by atoms with Gasteiger partial charge in [-0.15, -0.1) is 0 Å². The van der Waals surface area contributed by atoms with E-state index in [4.69, 9.17) is 5.73 Å². The van der Waals surface area contributed by atoms with Crippen molar-refractivity contribution in [1.82, 2.24) is 9.80 Å². The number of nitrogens with two attached hydrogens (primary N) is 1. The smallest absolute Gasteiger partial charge is 0.0110 e. The van der Waals surface area contributed by atoms with Crippen LogP contribution in [0.4, 0.5) is 0 Å². The SMILES string of the molecule is CC(N)C(C)(C)CN1CCN(CC2CC2)CC1. The molecule has 1 aliphatic heterocycles. The van der Waals surface area contributed by atoms with Crippen molar-refractivity contribution < 1.29 is 0 Å². The lowest BCUT2D eigenvalue weighted by Gasteiger charge is -2.40. The van der Waals surface area contributed by atoms with Crippen molar-refractivity contribution in [3.05, 3.63) is 0 Å². The molecule has 3 heteroatoms. The fourth-order valence-corrected chi connectivity index (χ4v) is 2.52. The monoisotopic (exact) mass is 239 g/mol. The Morgan fingerprint density at radius 3 is 2.12 bits per heavy atom. The summed E-state index contributed by atoms with van der Waals surface area (Å²) in [6.45, 7) is 14.2. The number of piperazine rings is 1. The third-order valence-corrected chi connectivity index (χ3v) is 4.54. The van der Waals surface area contributed by atoms with Crippen LogP contribution in [0.15, 0.2) is 0 Å². The van der Waals surface area contributed by atoms with E-state index in [-0.39, 0.29) is 11.5 Å². The summed E-state index contributed by atoms with van der Waals surface area (Å²) in [5.41, 5.74) is 6.29. The molecule has 1 saturated heterocycles. The minimum Gasteiger partial charge on any atom is -0.327 e. The van der Waals surface area contributed by atoms with Crippen LogP contribution in [0.3, 0.4) is 0 Å². The summed E-state index contributed by atoms with van der Waals surface area (Å²) in [6.07, 6.45) is 2.94. The molecule has 100 valence electrons. The zero-order valence-corrected chi connectivity index (χ0v) is 11.8. The van der Waals surface area contributed by atoms with Gasteiger partial charge in [-0.05, 0) is 31.1 Å². The molecule has 0 aromatic carbocycles. The van der Waals surface area contributed by atoms with E-state index in [2.05, 4.69) is 30.6 Å². The van der Waals surface area contributed by atoms with Crippen molar-refractivity contribution in [2.24, 2.45) is 17.1 Å². The van der Waals surface area contributed by atoms with E-state index in [0.717, 1.165) is 12.5 Å². The second-order valence-electron chi connectivity index (χ2n) is 6.80. The van der Waals surface area contributed by atoms with Gasteiger partial charge in [0.15, 0.2) is 0 Å². The van der Waals surface area contributed by atoms with Crippen LogP contribution in [0.2, 0.25) is 0 Å². The molecule has 1 unspecified atom stereocenters. The minimum atomic E-state index is 0.235. The van der Waals surface area contributed by atoms with Crippen molar-refractivity contribution in [1.29, 1.82) is 0 Å². The molecule has 0 bridgehead atoms. The first-order valence-electron chi connectivity index (χ1n) is 7.18. The largest absolute Gasteiger partial charge is 0.327 e. The molecular weight excluding hydrogens is 210 g/mol. The highest BCUT2D eigenvalue weighted by atomic mass is 15.3. The van der Waals surface area contributed by atoms with Gasteiger partial charge in [-0.3, -0.25) is 0 Å². The van der Waals surface area contributed by atoms with Gasteiger partial charge in [0.2, 0.25) is 0 Å². The molecule has 1 heterocycles. The van der Waals surface area contributed by atoms with Gasteiger partial charge >= 0.3 is 0 Å². The highest BCUT2D eigenvalue weighted by Gasteiger charge is 2.29. The summed E-state index contributed by atoms with van der Waals surface area (Å²) < 4.78 is 0. The number of hydrogen-bond donors (Lipinski definition) is 1. The first-order valence-corrected chi connectivity index (χ1v) is 7.18. The Balaban J connectivity index is 1.70. The highest BCUT2D eigenvalue weighted by molar-refractivity contribution is 4.85. The lowest BCUT2D eigenvalue weighted by Crippen LogP contribution is -2.52. The summed E-state index contributed by atoms with van der Waals surface area (Å²) in [5.74, 6) is 1.03. The molecule has 0 amide bonds. The van der Waals surface area contributed by atoms with Crippen LogP contribution in [-0.2, 0) is 0 Å². The van der Waals surface area contributed by atoms with Crippen molar-refractivity contribution in [3.63, 3.8) is 0 Å². The summed E-state index contributed by atoms with van der Waals surface area (Å²) in [5, 5.41) is 0. The fourth-order valence-electron chi connectivity index (χ4n) is 2.52. The van der Waals surface area contributed by atoms with Gasteiger partial charge in [-0.25, -0.2) is 0 Å². The van der Waals surface area contributed by atoms with E-state index in [9.17, 15) is 0 Å². The Bertz CT molecular complexity index is 238. The maximum Gasteiger partial charge on any atom is 0.0110 e. The highest BCUT2D eigenvalue weighted by Crippen LogP contribution is 2.30. The van der Waals surface area contributed by atoms with Gasteiger partial charge in [0.05, 0.1) is 0 Å². The molecule has 3 nitrogen and oxygen atoms in total. The fraction of sp³-hybridized carbons (Fsp3) is 1.00. The van der Waals surface area contributed by atoms with E-state index in [1.165, 1.54) is 45.6 Å². The average molecular weight is 239 g/mol. The molecular formula is C14H29N3. The maximum atomic E-state index is 6.05. The van der Waals surface area contributed by atoms with Crippen LogP contribution in [0.5, 0.6) is 0 Å². The third-order valence-electron chi connectivity index (χ3n) is 4.54. The van der Waals surface area contributed by atoms with Gasteiger partial charge in [0.1, 0.15) is 0 Å². The molecule has 1 aliphatic carbocycles. The molecule has 2 aliphatic rings. The second-order valence-corrected chi connectivity index (χ2v) is 6.80. The molecule has 1 atom stereocenters. The van der Waals surface area contributed by atoms with E-state index in [0.29, 0.717) is 0 Å². The van der Waals surface area contributed by atoms with Gasteiger partial charge in [-0.2, -0.15) is 0 Å². The Hall–Kier alpha value is -0.120. The number of rotatable bonds is 5. The second kappa shape index (κ2) is 5.25. The van der Waals surface area contributed by atoms with Crippen LogP contribution in [-0.4, -0.2) is 55.1 Å². The maximum absolute atomic E-state index is 6.05. The Kier molecular flexibility index (Phi) is 4.11. The van der Waals surface area contributed by atoms with Crippen LogP contribution >= 0.6 is 0 Å². The normalized spacial score (nSPS) is 26.1. The molecule has 2 fully saturated rings.